The summed E-state index contributed by atoms with van der Waals surface area (Å²) in [6.45, 7) is 0. The van der Waals surface area contributed by atoms with Crippen LogP contribution in [0.25, 0.3) is 11.1 Å². The van der Waals surface area contributed by atoms with Crippen molar-refractivity contribution in [1.82, 2.24) is 0 Å². The molecule has 0 fully saturated rings. The number of hydrogen-bond acceptors (Lipinski definition) is 3. The molecule has 0 saturated heterocycles. The summed E-state index contributed by atoms with van der Waals surface area (Å²) in [4.78, 5) is 0.179. The molecule has 0 unspecified atom stereocenters. The summed E-state index contributed by atoms with van der Waals surface area (Å²) in [5.41, 5.74) is 8.73. The van der Waals surface area contributed by atoms with E-state index in [0.717, 1.165) is 11.1 Å². The van der Waals surface area contributed by atoms with Crippen molar-refractivity contribution in [2.45, 2.75) is 4.90 Å². The molecule has 0 saturated carbocycles. The third-order valence-corrected chi connectivity index (χ3v) is 4.83. The van der Waals surface area contributed by atoms with Crippen molar-refractivity contribution >= 4 is 21.4 Å². The fraction of sp³-hybridized carbons (Fsp3) is 0. The first-order valence-electron chi connectivity index (χ1n) is 7.08. The molecule has 3 aromatic rings. The van der Waals surface area contributed by atoms with Crippen LogP contribution >= 0.6 is 0 Å². The second-order valence-corrected chi connectivity index (χ2v) is 6.80. The maximum absolute atomic E-state index is 12.3. The molecular weight excluding hydrogens is 308 g/mol. The Morgan fingerprint density at radius 3 is 1.87 bits per heavy atom. The average molecular weight is 324 g/mol. The lowest BCUT2D eigenvalue weighted by atomic mass is 10.1. The van der Waals surface area contributed by atoms with E-state index in [2.05, 4.69) is 4.72 Å². The molecule has 0 aliphatic carbocycles. The summed E-state index contributed by atoms with van der Waals surface area (Å²) in [5, 5.41) is 0. The SMILES string of the molecule is Nc1ccc(S(=O)(=O)Nc2ccc(-c3ccccc3)cc2)cc1. The van der Waals surface area contributed by atoms with Crippen LogP contribution in [0.15, 0.2) is 83.8 Å². The number of anilines is 2. The molecule has 0 bridgehead atoms. The lowest BCUT2D eigenvalue weighted by molar-refractivity contribution is 0.601. The van der Waals surface area contributed by atoms with E-state index in [4.69, 9.17) is 5.73 Å². The van der Waals surface area contributed by atoms with Gasteiger partial charge in [-0.3, -0.25) is 4.72 Å². The third-order valence-electron chi connectivity index (χ3n) is 3.43. The summed E-state index contributed by atoms with van der Waals surface area (Å²) < 4.78 is 27.2. The second kappa shape index (κ2) is 6.14. The Morgan fingerprint density at radius 1 is 0.696 bits per heavy atom. The molecule has 3 N–H and O–H groups in total. The Kier molecular flexibility index (Phi) is 4.04. The van der Waals surface area contributed by atoms with Crippen LogP contribution in [0.3, 0.4) is 0 Å². The van der Waals surface area contributed by atoms with E-state index in [1.54, 1.807) is 24.3 Å². The van der Waals surface area contributed by atoms with Gasteiger partial charge in [0.05, 0.1) is 4.90 Å². The lowest BCUT2D eigenvalue weighted by Crippen LogP contribution is -2.12. The normalized spacial score (nSPS) is 11.1. The average Bonchev–Trinajstić information content (AvgIpc) is 2.56. The molecule has 0 aliphatic heterocycles. The highest BCUT2D eigenvalue weighted by atomic mass is 32.2. The van der Waals surface area contributed by atoms with Crippen molar-refractivity contribution in [3.05, 3.63) is 78.9 Å². The van der Waals surface area contributed by atoms with Crippen molar-refractivity contribution in [3.63, 3.8) is 0 Å². The van der Waals surface area contributed by atoms with E-state index in [1.165, 1.54) is 12.1 Å². The minimum absolute atomic E-state index is 0.179. The van der Waals surface area contributed by atoms with Gasteiger partial charge in [-0.15, -0.1) is 0 Å². The minimum atomic E-state index is -3.61. The zero-order valence-corrected chi connectivity index (χ0v) is 13.1. The van der Waals surface area contributed by atoms with Gasteiger partial charge in [0.15, 0.2) is 0 Å². The smallest absolute Gasteiger partial charge is 0.261 e. The van der Waals surface area contributed by atoms with E-state index < -0.39 is 10.0 Å². The van der Waals surface area contributed by atoms with Crippen LogP contribution in [-0.4, -0.2) is 8.42 Å². The predicted molar refractivity (Wildman–Crippen MR) is 93.5 cm³/mol. The van der Waals surface area contributed by atoms with Crippen LogP contribution < -0.4 is 10.5 Å². The van der Waals surface area contributed by atoms with Crippen LogP contribution in [0.1, 0.15) is 0 Å². The van der Waals surface area contributed by atoms with Crippen LogP contribution in [0.2, 0.25) is 0 Å². The fourth-order valence-corrected chi connectivity index (χ4v) is 3.28. The Bertz CT molecular complexity index is 888. The number of rotatable bonds is 4. The molecular formula is C18H16N2O2S. The highest BCUT2D eigenvalue weighted by Gasteiger charge is 2.13. The van der Waals surface area contributed by atoms with Gasteiger partial charge in [-0.2, -0.15) is 0 Å². The van der Waals surface area contributed by atoms with Crippen LogP contribution in [0, 0.1) is 0 Å². The summed E-state index contributed by atoms with van der Waals surface area (Å²) in [6, 6.07) is 23.3. The van der Waals surface area contributed by atoms with Gasteiger partial charge in [0.2, 0.25) is 0 Å². The van der Waals surface area contributed by atoms with Gasteiger partial charge in [-0.05, 0) is 47.5 Å². The zero-order chi connectivity index (χ0) is 16.3. The van der Waals surface area contributed by atoms with E-state index >= 15 is 0 Å². The third kappa shape index (κ3) is 3.52. The first-order valence-corrected chi connectivity index (χ1v) is 8.57. The van der Waals surface area contributed by atoms with E-state index in [9.17, 15) is 8.42 Å². The summed E-state index contributed by atoms with van der Waals surface area (Å²) in [5.74, 6) is 0. The standard InChI is InChI=1S/C18H16N2O2S/c19-16-8-12-18(13-9-16)23(21,22)20-17-10-6-15(7-11-17)14-4-2-1-3-5-14/h1-13,20H,19H2. The number of benzene rings is 3. The van der Waals surface area contributed by atoms with E-state index in [1.807, 2.05) is 42.5 Å². The van der Waals surface area contributed by atoms with Gasteiger partial charge >= 0.3 is 0 Å². The molecule has 3 aromatic carbocycles. The number of nitrogens with one attached hydrogen (secondary N) is 1. The van der Waals surface area contributed by atoms with Crippen molar-refractivity contribution in [1.29, 1.82) is 0 Å². The monoisotopic (exact) mass is 324 g/mol. The van der Waals surface area contributed by atoms with Gasteiger partial charge in [-0.1, -0.05) is 42.5 Å². The first kappa shape index (κ1) is 15.1. The topological polar surface area (TPSA) is 72.2 Å². The first-order chi connectivity index (χ1) is 11.0. The summed E-state index contributed by atoms with van der Waals surface area (Å²) >= 11 is 0. The van der Waals surface area contributed by atoms with Crippen molar-refractivity contribution in [2.24, 2.45) is 0 Å². The minimum Gasteiger partial charge on any atom is -0.399 e. The molecule has 5 heteroatoms. The Balaban J connectivity index is 1.82. The van der Waals surface area contributed by atoms with E-state index in [-0.39, 0.29) is 4.90 Å². The zero-order valence-electron chi connectivity index (χ0n) is 12.3. The number of hydrogen-bond donors (Lipinski definition) is 2. The molecule has 0 amide bonds. The molecule has 116 valence electrons. The highest BCUT2D eigenvalue weighted by molar-refractivity contribution is 7.92. The Labute approximate surface area is 135 Å². The maximum atomic E-state index is 12.3. The number of sulfonamides is 1. The molecule has 3 rings (SSSR count). The molecule has 0 spiro atoms. The van der Waals surface area contributed by atoms with Gasteiger partial charge < -0.3 is 5.73 Å². The fourth-order valence-electron chi connectivity index (χ4n) is 2.22. The molecule has 0 atom stereocenters. The summed E-state index contributed by atoms with van der Waals surface area (Å²) in [6.07, 6.45) is 0. The molecule has 0 radical (unpaired) electrons. The van der Waals surface area contributed by atoms with Crippen molar-refractivity contribution in [2.75, 3.05) is 10.5 Å². The lowest BCUT2D eigenvalue weighted by Gasteiger charge is -2.09. The largest absolute Gasteiger partial charge is 0.399 e. The van der Waals surface area contributed by atoms with Crippen molar-refractivity contribution < 1.29 is 8.42 Å². The predicted octanol–water partition coefficient (Wildman–Crippen LogP) is 3.74. The maximum Gasteiger partial charge on any atom is 0.261 e. The highest BCUT2D eigenvalue weighted by Crippen LogP contribution is 2.23. The molecule has 0 heterocycles. The quantitative estimate of drug-likeness (QED) is 0.718. The van der Waals surface area contributed by atoms with Crippen LogP contribution in [-0.2, 0) is 10.0 Å². The molecule has 4 nitrogen and oxygen atoms in total. The Hall–Kier alpha value is -2.79. The molecule has 23 heavy (non-hydrogen) atoms. The van der Waals surface area contributed by atoms with Crippen molar-refractivity contribution in [3.8, 4) is 11.1 Å². The van der Waals surface area contributed by atoms with Gasteiger partial charge in [-0.25, -0.2) is 8.42 Å². The van der Waals surface area contributed by atoms with Gasteiger partial charge in [0.25, 0.3) is 10.0 Å². The second-order valence-electron chi connectivity index (χ2n) is 5.12. The van der Waals surface area contributed by atoms with E-state index in [0.29, 0.717) is 11.4 Å². The number of nitrogen functional groups attached to an aromatic ring is 1. The summed E-state index contributed by atoms with van der Waals surface area (Å²) in [7, 11) is -3.61. The van der Waals surface area contributed by atoms with Crippen LogP contribution in [0.4, 0.5) is 11.4 Å². The molecule has 0 aromatic heterocycles. The molecule has 0 aliphatic rings. The van der Waals surface area contributed by atoms with Gasteiger partial charge in [0, 0.05) is 11.4 Å². The van der Waals surface area contributed by atoms with Crippen LogP contribution in [0.5, 0.6) is 0 Å². The number of nitrogens with two attached hydrogens (primary N) is 1. The Morgan fingerprint density at radius 2 is 1.26 bits per heavy atom. The van der Waals surface area contributed by atoms with Gasteiger partial charge in [0.1, 0.15) is 0 Å².